The van der Waals surface area contributed by atoms with Crippen LogP contribution in [0.25, 0.3) is 10.9 Å². The van der Waals surface area contributed by atoms with Gasteiger partial charge in [-0.15, -0.1) is 0 Å². The van der Waals surface area contributed by atoms with E-state index >= 15 is 0 Å². The monoisotopic (exact) mass is 544 g/mol. The molecular formula is C29H36N8O3. The Morgan fingerprint density at radius 3 is 2.52 bits per heavy atom. The molecule has 2 amide bonds. The second kappa shape index (κ2) is 13.5. The van der Waals surface area contributed by atoms with E-state index in [0.29, 0.717) is 24.5 Å². The number of nitrogens with one attached hydrogen (secondary N) is 3. The standard InChI is InChI=1S/C29H36N8O3/c1-20-24-15-14-23(19-25(24)34-37(20)3)36(2)26-16-18-31-29(33-26)32-22-12-10-21(11-13-22)28(39)30-17-8-6-4-5-7-9-27(38)35-40/h10-16,18-19,40H,4-9,17H2,1-3H3,(H,30,39)(H,35,38)(H,31,32,33). The third-order valence-corrected chi connectivity index (χ3v) is 6.88. The van der Waals surface area contributed by atoms with Crippen molar-refractivity contribution in [3.63, 3.8) is 0 Å². The van der Waals surface area contributed by atoms with Crippen LogP contribution in [0.15, 0.2) is 54.7 Å². The summed E-state index contributed by atoms with van der Waals surface area (Å²) in [5.74, 6) is 0.711. The number of aromatic nitrogens is 4. The Kier molecular flexibility index (Phi) is 9.63. The van der Waals surface area contributed by atoms with Gasteiger partial charge in [-0.3, -0.25) is 19.5 Å². The highest BCUT2D eigenvalue weighted by atomic mass is 16.5. The van der Waals surface area contributed by atoms with Crippen LogP contribution < -0.4 is 21.0 Å². The molecule has 0 radical (unpaired) electrons. The first-order valence-electron chi connectivity index (χ1n) is 13.4. The topological polar surface area (TPSA) is 137 Å². The first kappa shape index (κ1) is 28.5. The number of rotatable bonds is 13. The highest BCUT2D eigenvalue weighted by Crippen LogP contribution is 2.27. The van der Waals surface area contributed by atoms with Crippen molar-refractivity contribution in [2.24, 2.45) is 7.05 Å². The fourth-order valence-electron chi connectivity index (χ4n) is 4.39. The van der Waals surface area contributed by atoms with E-state index in [1.807, 2.05) is 47.9 Å². The minimum atomic E-state index is -0.355. The van der Waals surface area contributed by atoms with Crippen molar-refractivity contribution in [3.05, 3.63) is 66.0 Å². The third kappa shape index (κ3) is 7.32. The number of carbonyl (C=O) groups is 2. The van der Waals surface area contributed by atoms with Crippen molar-refractivity contribution in [2.45, 2.75) is 45.4 Å². The van der Waals surface area contributed by atoms with Crippen LogP contribution in [0.5, 0.6) is 0 Å². The summed E-state index contributed by atoms with van der Waals surface area (Å²) >= 11 is 0. The number of hydroxylamine groups is 1. The summed E-state index contributed by atoms with van der Waals surface area (Å²) in [5.41, 5.74) is 6.02. The van der Waals surface area contributed by atoms with Crippen molar-refractivity contribution in [1.29, 1.82) is 0 Å². The second-order valence-electron chi connectivity index (χ2n) is 9.72. The van der Waals surface area contributed by atoms with Gasteiger partial charge >= 0.3 is 0 Å². The van der Waals surface area contributed by atoms with Crippen molar-refractivity contribution in [3.8, 4) is 0 Å². The lowest BCUT2D eigenvalue weighted by Crippen LogP contribution is -2.24. The van der Waals surface area contributed by atoms with Crippen LogP contribution in [0, 0.1) is 6.92 Å². The van der Waals surface area contributed by atoms with Gasteiger partial charge in [0.15, 0.2) is 0 Å². The molecule has 40 heavy (non-hydrogen) atoms. The minimum absolute atomic E-state index is 0.119. The lowest BCUT2D eigenvalue weighted by molar-refractivity contribution is -0.129. The maximum Gasteiger partial charge on any atom is 0.251 e. The summed E-state index contributed by atoms with van der Waals surface area (Å²) < 4.78 is 1.88. The van der Waals surface area contributed by atoms with Gasteiger partial charge in [0.05, 0.1) is 5.52 Å². The number of carbonyl (C=O) groups excluding carboxylic acids is 2. The van der Waals surface area contributed by atoms with Crippen LogP contribution >= 0.6 is 0 Å². The van der Waals surface area contributed by atoms with Crippen LogP contribution in [-0.2, 0) is 11.8 Å². The summed E-state index contributed by atoms with van der Waals surface area (Å²) in [4.78, 5) is 34.4. The molecule has 4 N–H and O–H groups in total. The molecule has 210 valence electrons. The van der Waals surface area contributed by atoms with Gasteiger partial charge in [-0.2, -0.15) is 10.1 Å². The zero-order valence-corrected chi connectivity index (χ0v) is 23.1. The third-order valence-electron chi connectivity index (χ3n) is 6.88. The Bertz CT molecular complexity index is 1450. The number of hydrogen-bond acceptors (Lipinski definition) is 8. The summed E-state index contributed by atoms with van der Waals surface area (Å²) in [6, 6.07) is 15.2. The number of aryl methyl sites for hydroxylation is 2. The Labute approximate surface area is 233 Å². The summed E-state index contributed by atoms with van der Waals surface area (Å²) in [5, 5.41) is 20.3. The van der Waals surface area contributed by atoms with Gasteiger partial charge < -0.3 is 15.5 Å². The molecule has 0 fully saturated rings. The summed E-state index contributed by atoms with van der Waals surface area (Å²) in [6.45, 7) is 2.65. The predicted octanol–water partition coefficient (Wildman–Crippen LogP) is 4.76. The molecule has 0 aliphatic carbocycles. The Hall–Kier alpha value is -4.51. The summed E-state index contributed by atoms with van der Waals surface area (Å²) in [6.07, 6.45) is 6.51. The molecule has 0 saturated carbocycles. The van der Waals surface area contributed by atoms with Crippen LogP contribution in [0.2, 0.25) is 0 Å². The van der Waals surface area contributed by atoms with E-state index in [0.717, 1.165) is 65.9 Å². The van der Waals surface area contributed by atoms with Gasteiger partial charge in [-0.05, 0) is 68.3 Å². The molecule has 2 aromatic heterocycles. The minimum Gasteiger partial charge on any atom is -0.352 e. The first-order valence-corrected chi connectivity index (χ1v) is 13.4. The molecule has 0 aliphatic rings. The van der Waals surface area contributed by atoms with Crippen LogP contribution in [0.3, 0.4) is 0 Å². The molecule has 0 aliphatic heterocycles. The molecule has 11 heteroatoms. The highest BCUT2D eigenvalue weighted by molar-refractivity contribution is 5.94. The number of nitrogens with zero attached hydrogens (tertiary/aromatic N) is 5. The van der Waals surface area contributed by atoms with Crippen LogP contribution in [0.1, 0.15) is 54.6 Å². The number of anilines is 4. The molecular weight excluding hydrogens is 508 g/mol. The maximum atomic E-state index is 12.5. The number of amides is 2. The van der Waals surface area contributed by atoms with Crippen LogP contribution in [-0.4, -0.2) is 50.4 Å². The Balaban J connectivity index is 1.26. The number of hydrogen-bond donors (Lipinski definition) is 4. The van der Waals surface area contributed by atoms with Crippen molar-refractivity contribution in [2.75, 3.05) is 23.8 Å². The van der Waals surface area contributed by atoms with E-state index in [9.17, 15) is 9.59 Å². The molecule has 0 atom stereocenters. The molecule has 11 nitrogen and oxygen atoms in total. The van der Waals surface area contributed by atoms with E-state index in [2.05, 4.69) is 44.8 Å². The number of unbranched alkanes of at least 4 members (excludes halogenated alkanes) is 4. The van der Waals surface area contributed by atoms with Gasteiger partial charge in [0, 0.05) is 61.3 Å². The average Bonchev–Trinajstić information content (AvgIpc) is 3.26. The quantitative estimate of drug-likeness (QED) is 0.107. The number of fused-ring (bicyclic) bond motifs is 1. The predicted molar refractivity (Wildman–Crippen MR) is 155 cm³/mol. The molecule has 0 unspecified atom stereocenters. The van der Waals surface area contributed by atoms with Gasteiger partial charge in [-0.1, -0.05) is 19.3 Å². The largest absolute Gasteiger partial charge is 0.352 e. The average molecular weight is 545 g/mol. The van der Waals surface area contributed by atoms with E-state index in [4.69, 9.17) is 5.21 Å². The van der Waals surface area contributed by atoms with Gasteiger partial charge in [-0.25, -0.2) is 10.5 Å². The lowest BCUT2D eigenvalue weighted by atomic mass is 10.1. The molecule has 2 heterocycles. The number of benzene rings is 2. The van der Waals surface area contributed by atoms with Crippen molar-refractivity contribution in [1.82, 2.24) is 30.5 Å². The molecule has 2 aromatic carbocycles. The van der Waals surface area contributed by atoms with Crippen molar-refractivity contribution < 1.29 is 14.8 Å². The molecule has 0 saturated heterocycles. The Morgan fingerprint density at radius 1 is 1.00 bits per heavy atom. The van der Waals surface area contributed by atoms with Crippen molar-refractivity contribution >= 4 is 45.9 Å². The van der Waals surface area contributed by atoms with Gasteiger partial charge in [0.2, 0.25) is 11.9 Å². The molecule has 4 aromatic rings. The van der Waals surface area contributed by atoms with Gasteiger partial charge in [0.1, 0.15) is 5.82 Å². The zero-order chi connectivity index (χ0) is 28.5. The van der Waals surface area contributed by atoms with Gasteiger partial charge in [0.25, 0.3) is 5.91 Å². The maximum absolute atomic E-state index is 12.5. The second-order valence-corrected chi connectivity index (χ2v) is 9.72. The SMILES string of the molecule is Cc1c2ccc(N(C)c3ccnc(Nc4ccc(C(=O)NCCCCCCCC(=O)NO)cc4)n3)cc2nn1C. The van der Waals surface area contributed by atoms with Crippen LogP contribution in [0.4, 0.5) is 23.1 Å². The fraction of sp³-hybridized carbons (Fsp3) is 0.345. The smallest absolute Gasteiger partial charge is 0.251 e. The summed E-state index contributed by atoms with van der Waals surface area (Å²) in [7, 11) is 3.90. The van der Waals surface area contributed by atoms with E-state index in [1.165, 1.54) is 0 Å². The Morgan fingerprint density at radius 2 is 1.75 bits per heavy atom. The molecule has 0 bridgehead atoms. The zero-order valence-electron chi connectivity index (χ0n) is 23.1. The van der Waals surface area contributed by atoms with E-state index in [-0.39, 0.29) is 11.8 Å². The first-order chi connectivity index (χ1) is 19.4. The lowest BCUT2D eigenvalue weighted by Gasteiger charge is -2.19. The molecule has 4 rings (SSSR count). The van der Waals surface area contributed by atoms with E-state index < -0.39 is 0 Å². The van der Waals surface area contributed by atoms with E-state index in [1.54, 1.807) is 23.8 Å². The molecule has 0 spiro atoms. The fourth-order valence-corrected chi connectivity index (χ4v) is 4.39. The normalized spacial score (nSPS) is 10.9. The highest BCUT2D eigenvalue weighted by Gasteiger charge is 2.12.